The van der Waals surface area contributed by atoms with E-state index in [-0.39, 0.29) is 12.2 Å². The highest BCUT2D eigenvalue weighted by Gasteiger charge is 2.16. The van der Waals surface area contributed by atoms with Crippen LogP contribution in [0.25, 0.3) is 0 Å². The van der Waals surface area contributed by atoms with Gasteiger partial charge in [-0.2, -0.15) is 5.26 Å². The molecular formula is C30H48N4O2. The highest BCUT2D eigenvalue weighted by atomic mass is 16.1. The van der Waals surface area contributed by atoms with E-state index in [9.17, 15) is 4.79 Å². The first-order chi connectivity index (χ1) is 17.2. The first-order valence-electron chi connectivity index (χ1n) is 12.9. The fourth-order valence-electron chi connectivity index (χ4n) is 3.42. The summed E-state index contributed by atoms with van der Waals surface area (Å²) >= 11 is 0. The number of carbonyl (C=O) groups is 2. The normalized spacial score (nSPS) is 12.2. The van der Waals surface area contributed by atoms with Crippen LogP contribution in [0.2, 0.25) is 0 Å². The highest BCUT2D eigenvalue weighted by Crippen LogP contribution is 2.26. The van der Waals surface area contributed by atoms with E-state index in [0.717, 1.165) is 30.3 Å². The van der Waals surface area contributed by atoms with Crippen molar-refractivity contribution in [3.63, 3.8) is 0 Å². The first-order valence-corrected chi connectivity index (χ1v) is 12.9. The Morgan fingerprint density at radius 2 is 1.72 bits per heavy atom. The zero-order valence-corrected chi connectivity index (χ0v) is 23.7. The molecule has 1 aliphatic rings. The molecule has 0 saturated carbocycles. The quantitative estimate of drug-likeness (QED) is 0.349. The molecule has 0 fully saturated rings. The van der Waals surface area contributed by atoms with Gasteiger partial charge in [0.1, 0.15) is 5.78 Å². The summed E-state index contributed by atoms with van der Waals surface area (Å²) < 4.78 is 0. The molecule has 200 valence electrons. The van der Waals surface area contributed by atoms with Crippen LogP contribution in [0.3, 0.4) is 0 Å². The summed E-state index contributed by atoms with van der Waals surface area (Å²) in [6, 6.07) is 14.3. The summed E-state index contributed by atoms with van der Waals surface area (Å²) in [7, 11) is 0. The van der Waals surface area contributed by atoms with Gasteiger partial charge in [-0.1, -0.05) is 64.4 Å². The predicted molar refractivity (Wildman–Crippen MR) is 153 cm³/mol. The van der Waals surface area contributed by atoms with Gasteiger partial charge in [0.15, 0.2) is 0 Å². The van der Waals surface area contributed by atoms with E-state index in [0.29, 0.717) is 12.1 Å². The number of aryl methyl sites for hydroxylation is 2. The molecule has 2 aromatic carbocycles. The Kier molecular flexibility index (Phi) is 21.7. The molecule has 6 heteroatoms. The maximum Gasteiger partial charge on any atom is 0.204 e. The van der Waals surface area contributed by atoms with E-state index in [1.807, 2.05) is 26.8 Å². The number of fused-ring (bicyclic) bond motifs is 1. The van der Waals surface area contributed by atoms with Crippen molar-refractivity contribution in [3.8, 4) is 6.07 Å². The minimum atomic E-state index is 0.0757. The maximum atomic E-state index is 10.8. The number of benzene rings is 2. The van der Waals surface area contributed by atoms with Gasteiger partial charge < -0.3 is 16.4 Å². The van der Waals surface area contributed by atoms with Crippen LogP contribution >= 0.6 is 0 Å². The van der Waals surface area contributed by atoms with Crippen LogP contribution in [-0.4, -0.2) is 31.8 Å². The molecule has 2 aromatic rings. The number of anilines is 1. The molecule has 6 nitrogen and oxygen atoms in total. The molecule has 0 aliphatic heterocycles. The van der Waals surface area contributed by atoms with Crippen LogP contribution in [-0.2, 0) is 22.4 Å². The van der Waals surface area contributed by atoms with E-state index >= 15 is 0 Å². The summed E-state index contributed by atoms with van der Waals surface area (Å²) in [6.07, 6.45) is 4.07. The van der Waals surface area contributed by atoms with Crippen LogP contribution in [0.5, 0.6) is 0 Å². The van der Waals surface area contributed by atoms with E-state index in [1.165, 1.54) is 31.7 Å². The number of hydrogen-bond donors (Lipinski definition) is 3. The molecule has 1 amide bonds. The molecule has 3 rings (SSSR count). The van der Waals surface area contributed by atoms with Crippen molar-refractivity contribution in [2.45, 2.75) is 74.7 Å². The van der Waals surface area contributed by atoms with Gasteiger partial charge in [0.2, 0.25) is 6.41 Å². The van der Waals surface area contributed by atoms with Crippen LogP contribution < -0.4 is 16.4 Å². The van der Waals surface area contributed by atoms with Crippen LogP contribution in [0.15, 0.2) is 36.4 Å². The lowest BCUT2D eigenvalue weighted by molar-refractivity contribution is -0.115. The van der Waals surface area contributed by atoms with Crippen molar-refractivity contribution in [2.24, 2.45) is 11.7 Å². The fourth-order valence-corrected chi connectivity index (χ4v) is 3.42. The van der Waals surface area contributed by atoms with Crippen molar-refractivity contribution in [2.75, 3.05) is 25.0 Å². The maximum absolute atomic E-state index is 10.8. The number of amides is 1. The van der Waals surface area contributed by atoms with Crippen LogP contribution in [0.1, 0.15) is 75.8 Å². The van der Waals surface area contributed by atoms with E-state index in [1.54, 1.807) is 23.3 Å². The van der Waals surface area contributed by atoms with Gasteiger partial charge in [0.05, 0.1) is 18.2 Å². The Bertz CT molecular complexity index is 916. The van der Waals surface area contributed by atoms with E-state index in [4.69, 9.17) is 10.1 Å². The lowest BCUT2D eigenvalue weighted by Crippen LogP contribution is -2.12. The fraction of sp³-hybridized carbons (Fsp3) is 0.500. The second-order valence-electron chi connectivity index (χ2n) is 8.47. The Hall–Kier alpha value is -3.17. The average molecular weight is 497 g/mol. The first kappa shape index (κ1) is 35.0. The number of hydrogen-bond acceptors (Lipinski definition) is 5. The third-order valence-electron chi connectivity index (χ3n) is 5.07. The number of nitrogens with zero attached hydrogens (tertiary/aromatic N) is 1. The monoisotopic (exact) mass is 496 g/mol. The molecule has 1 unspecified atom stereocenters. The summed E-state index contributed by atoms with van der Waals surface area (Å²) in [6.45, 7) is 18.8. The van der Waals surface area contributed by atoms with Gasteiger partial charge in [-0.25, -0.2) is 0 Å². The minimum Gasteiger partial charge on any atom is -0.378 e. The van der Waals surface area contributed by atoms with Gasteiger partial charge in [0.25, 0.3) is 0 Å². The molecule has 0 saturated heterocycles. The number of nitrogens with two attached hydrogens (primary N) is 1. The molecule has 0 aromatic heterocycles. The Morgan fingerprint density at radius 3 is 2.22 bits per heavy atom. The SMILES string of the molecule is CC.CC(=O)CNc1cc(C#N)ccc1C.CCCNCC.Cc1ccc2c(c1)CC(C)C2.NC=O. The molecule has 36 heavy (non-hydrogen) atoms. The summed E-state index contributed by atoms with van der Waals surface area (Å²) in [5.41, 5.74) is 11.2. The van der Waals surface area contributed by atoms with Gasteiger partial charge in [-0.05, 0) is 87.9 Å². The van der Waals surface area contributed by atoms with Gasteiger partial charge in [0, 0.05) is 5.69 Å². The Morgan fingerprint density at radius 1 is 1.11 bits per heavy atom. The number of Topliss-reactive ketones (excluding diaryl/α,β-unsaturated/α-hetero) is 1. The van der Waals surface area contributed by atoms with Crippen LogP contribution in [0.4, 0.5) is 5.69 Å². The van der Waals surface area contributed by atoms with Gasteiger partial charge >= 0.3 is 0 Å². The zero-order chi connectivity index (χ0) is 27.9. The number of carbonyl (C=O) groups excluding carboxylic acids is 2. The lowest BCUT2D eigenvalue weighted by atomic mass is 10.1. The third-order valence-corrected chi connectivity index (χ3v) is 5.07. The molecule has 1 atom stereocenters. The van der Waals surface area contributed by atoms with Crippen molar-refractivity contribution < 1.29 is 9.59 Å². The van der Waals surface area contributed by atoms with Gasteiger partial charge in [-0.3, -0.25) is 9.59 Å². The highest BCUT2D eigenvalue weighted by molar-refractivity contribution is 5.80. The standard InChI is InChI=1S/C11H12N2O.C11H14.C5H13N.C2H6.CH3NO/c1-8-3-4-10(6-12)5-11(8)13-7-9(2)14;1-8-3-4-10-6-9(2)7-11(10)5-8;1-3-5-6-4-2;1-2;2-1-3/h3-5,13H,7H2,1-2H3;3-5,9H,6-7H2,1-2H3;6H,3-5H2,1-2H3;1-2H3;1H,(H2,2,3). The molecule has 4 N–H and O–H groups in total. The summed E-state index contributed by atoms with van der Waals surface area (Å²) in [5, 5.41) is 14.9. The zero-order valence-electron chi connectivity index (χ0n) is 23.7. The number of nitrogens with one attached hydrogen (secondary N) is 2. The van der Waals surface area contributed by atoms with Crippen molar-refractivity contribution in [3.05, 3.63) is 64.2 Å². The minimum absolute atomic E-state index is 0.0757. The van der Waals surface area contributed by atoms with Crippen molar-refractivity contribution in [1.82, 2.24) is 5.32 Å². The van der Waals surface area contributed by atoms with Crippen LogP contribution in [0, 0.1) is 31.1 Å². The molecule has 0 spiro atoms. The smallest absolute Gasteiger partial charge is 0.204 e. The molecule has 1 aliphatic carbocycles. The van der Waals surface area contributed by atoms with Gasteiger partial charge in [-0.15, -0.1) is 0 Å². The predicted octanol–water partition coefficient (Wildman–Crippen LogP) is 5.73. The third kappa shape index (κ3) is 16.5. The Labute approximate surface area is 219 Å². The van der Waals surface area contributed by atoms with E-state index in [2.05, 4.69) is 68.3 Å². The summed E-state index contributed by atoms with van der Waals surface area (Å²) in [5.74, 6) is 0.943. The lowest BCUT2D eigenvalue weighted by Gasteiger charge is -2.07. The Balaban J connectivity index is 0. The summed E-state index contributed by atoms with van der Waals surface area (Å²) in [4.78, 5) is 19.3. The molecule has 0 radical (unpaired) electrons. The largest absolute Gasteiger partial charge is 0.378 e. The second-order valence-corrected chi connectivity index (χ2v) is 8.47. The second kappa shape index (κ2) is 22.3. The molecule has 0 bridgehead atoms. The number of rotatable bonds is 6. The number of nitriles is 1. The van der Waals surface area contributed by atoms with E-state index < -0.39 is 0 Å². The topological polar surface area (TPSA) is 108 Å². The van der Waals surface area contributed by atoms with Crippen molar-refractivity contribution in [1.29, 1.82) is 5.26 Å². The molecular weight excluding hydrogens is 448 g/mol. The van der Waals surface area contributed by atoms with Crippen molar-refractivity contribution >= 4 is 17.9 Å². The average Bonchev–Trinajstić information content (AvgIpc) is 3.23. The molecule has 0 heterocycles. The number of primary amides is 1. The number of ketones is 1.